The monoisotopic (exact) mass is 352 g/mol. The summed E-state index contributed by atoms with van der Waals surface area (Å²) < 4.78 is 30.5. The molecule has 2 N–H and O–H groups in total. The number of hydrogen-bond donors (Lipinski definition) is 2. The van der Waals surface area contributed by atoms with Crippen LogP contribution in [0.25, 0.3) is 0 Å². The Kier molecular flexibility index (Phi) is 5.40. The van der Waals surface area contributed by atoms with E-state index < -0.39 is 9.84 Å². The number of sulfone groups is 1. The number of anilines is 1. The first-order valence-corrected chi connectivity index (χ1v) is 10.1. The molecule has 0 radical (unpaired) electrons. The van der Waals surface area contributed by atoms with Gasteiger partial charge in [0.2, 0.25) is 0 Å². The lowest BCUT2D eigenvalue weighted by molar-refractivity contribution is 0.112. The van der Waals surface area contributed by atoms with Gasteiger partial charge in [-0.3, -0.25) is 0 Å². The van der Waals surface area contributed by atoms with Crippen LogP contribution in [-0.4, -0.2) is 39.0 Å². The van der Waals surface area contributed by atoms with Crippen LogP contribution in [0.5, 0.6) is 0 Å². The molecule has 1 atom stereocenters. The predicted octanol–water partition coefficient (Wildman–Crippen LogP) is 2.70. The number of nitrogens with one attached hydrogen (secondary N) is 2. The van der Waals surface area contributed by atoms with Crippen molar-refractivity contribution in [2.75, 3.05) is 18.5 Å². The molecule has 0 aromatic heterocycles. The molecule has 1 aliphatic carbocycles. The third-order valence-electron chi connectivity index (χ3n) is 4.70. The summed E-state index contributed by atoms with van der Waals surface area (Å²) in [7, 11) is -3.25. The van der Waals surface area contributed by atoms with E-state index in [0.29, 0.717) is 17.1 Å². The lowest BCUT2D eigenvalue weighted by atomic mass is 10.2. The Hall–Kier alpha value is -1.60. The molecule has 1 saturated carbocycles. The van der Waals surface area contributed by atoms with E-state index in [9.17, 15) is 13.2 Å². The molecule has 0 spiro atoms. The Morgan fingerprint density at radius 2 is 1.79 bits per heavy atom. The highest BCUT2D eigenvalue weighted by Crippen LogP contribution is 2.30. The molecular weight excluding hydrogens is 328 g/mol. The van der Waals surface area contributed by atoms with E-state index in [4.69, 9.17) is 4.74 Å². The summed E-state index contributed by atoms with van der Waals surface area (Å²) in [6.45, 7) is 1.24. The topological polar surface area (TPSA) is 84.5 Å². The number of carbonyl (C=O) groups is 1. The molecule has 132 valence electrons. The molecule has 7 heteroatoms. The smallest absolute Gasteiger partial charge is 0.319 e. The van der Waals surface area contributed by atoms with Crippen molar-refractivity contribution < 1.29 is 17.9 Å². The van der Waals surface area contributed by atoms with Gasteiger partial charge in [0.1, 0.15) is 0 Å². The zero-order valence-electron chi connectivity index (χ0n) is 13.7. The molecular formula is C17H24N2O4S. The minimum absolute atomic E-state index is 0.0923. The molecule has 2 aliphatic rings. The highest BCUT2D eigenvalue weighted by Gasteiger charge is 2.30. The van der Waals surface area contributed by atoms with Gasteiger partial charge in [-0.25, -0.2) is 13.2 Å². The Morgan fingerprint density at radius 1 is 1.08 bits per heavy atom. The molecule has 1 heterocycles. The van der Waals surface area contributed by atoms with Crippen molar-refractivity contribution >= 4 is 21.6 Å². The van der Waals surface area contributed by atoms with Crippen LogP contribution in [0.2, 0.25) is 0 Å². The number of amides is 2. The normalized spacial score (nSPS) is 21.8. The maximum absolute atomic E-state index is 12.5. The second-order valence-corrected chi connectivity index (χ2v) is 8.67. The van der Waals surface area contributed by atoms with Crippen LogP contribution in [0.1, 0.15) is 38.5 Å². The van der Waals surface area contributed by atoms with Crippen LogP contribution in [0.15, 0.2) is 29.2 Å². The highest BCUT2D eigenvalue weighted by atomic mass is 32.2. The number of carbonyl (C=O) groups excluding carboxylic acids is 1. The summed E-state index contributed by atoms with van der Waals surface area (Å²) in [6.07, 6.45) is 5.54. The predicted molar refractivity (Wildman–Crippen MR) is 91.9 cm³/mol. The van der Waals surface area contributed by atoms with Gasteiger partial charge >= 0.3 is 6.03 Å². The maximum Gasteiger partial charge on any atom is 0.319 e. The van der Waals surface area contributed by atoms with Crippen molar-refractivity contribution in [3.8, 4) is 0 Å². The highest BCUT2D eigenvalue weighted by molar-refractivity contribution is 7.92. The molecule has 6 nitrogen and oxygen atoms in total. The van der Waals surface area contributed by atoms with Gasteiger partial charge < -0.3 is 15.4 Å². The van der Waals surface area contributed by atoms with E-state index in [-0.39, 0.29) is 17.4 Å². The van der Waals surface area contributed by atoms with Gasteiger partial charge in [-0.2, -0.15) is 0 Å². The van der Waals surface area contributed by atoms with Gasteiger partial charge in [0, 0.05) is 18.8 Å². The van der Waals surface area contributed by atoms with Gasteiger partial charge in [-0.05, 0) is 49.9 Å². The van der Waals surface area contributed by atoms with E-state index in [1.54, 1.807) is 24.3 Å². The Balaban J connectivity index is 1.55. The van der Waals surface area contributed by atoms with Crippen LogP contribution in [0, 0.1) is 0 Å². The number of urea groups is 1. The van der Waals surface area contributed by atoms with Crippen molar-refractivity contribution in [2.45, 2.75) is 54.8 Å². The van der Waals surface area contributed by atoms with Crippen LogP contribution in [0.3, 0.4) is 0 Å². The minimum atomic E-state index is -3.25. The molecule has 2 amide bonds. The summed E-state index contributed by atoms with van der Waals surface area (Å²) in [6, 6.07) is 6.10. The number of ether oxygens (including phenoxy) is 1. The summed E-state index contributed by atoms with van der Waals surface area (Å²) in [5.41, 5.74) is 0.574. The van der Waals surface area contributed by atoms with Crippen molar-refractivity contribution in [3.63, 3.8) is 0 Å². The molecule has 1 aromatic carbocycles. The minimum Gasteiger partial charge on any atom is -0.376 e. The van der Waals surface area contributed by atoms with Gasteiger partial charge in [0.25, 0.3) is 0 Å². The number of rotatable bonds is 5. The fourth-order valence-corrected chi connectivity index (χ4v) is 5.16. The van der Waals surface area contributed by atoms with Gasteiger partial charge in [0.15, 0.2) is 9.84 Å². The third kappa shape index (κ3) is 4.08. The van der Waals surface area contributed by atoms with Crippen molar-refractivity contribution in [2.24, 2.45) is 0 Å². The largest absolute Gasteiger partial charge is 0.376 e. The summed E-state index contributed by atoms with van der Waals surface area (Å²) in [4.78, 5) is 12.2. The zero-order chi connectivity index (χ0) is 17.0. The van der Waals surface area contributed by atoms with Gasteiger partial charge in [-0.15, -0.1) is 0 Å². The quantitative estimate of drug-likeness (QED) is 0.853. The standard InChI is InChI=1S/C17H24N2O4S/c20-17(18-12-14-4-3-11-23-14)19-13-7-9-16(10-8-13)24(21,22)15-5-1-2-6-15/h7-10,14-15H,1-6,11-12H2,(H2,18,19,20). The Labute approximate surface area is 142 Å². The van der Waals surface area contributed by atoms with Gasteiger partial charge in [0.05, 0.1) is 16.2 Å². The van der Waals surface area contributed by atoms with Gasteiger partial charge in [-0.1, -0.05) is 12.8 Å². The van der Waals surface area contributed by atoms with E-state index in [0.717, 1.165) is 45.1 Å². The molecule has 1 aromatic rings. The van der Waals surface area contributed by atoms with Crippen LogP contribution >= 0.6 is 0 Å². The van der Waals surface area contributed by atoms with E-state index in [1.807, 2.05) is 0 Å². The number of hydrogen-bond acceptors (Lipinski definition) is 4. The molecule has 1 saturated heterocycles. The maximum atomic E-state index is 12.5. The fraction of sp³-hybridized carbons (Fsp3) is 0.588. The molecule has 0 bridgehead atoms. The van der Waals surface area contributed by atoms with Crippen LogP contribution in [0.4, 0.5) is 10.5 Å². The van der Waals surface area contributed by atoms with E-state index >= 15 is 0 Å². The second kappa shape index (κ2) is 7.53. The zero-order valence-corrected chi connectivity index (χ0v) is 14.5. The molecule has 1 unspecified atom stereocenters. The Morgan fingerprint density at radius 3 is 2.42 bits per heavy atom. The average molecular weight is 352 g/mol. The average Bonchev–Trinajstić information content (AvgIpc) is 3.27. The molecule has 24 heavy (non-hydrogen) atoms. The third-order valence-corrected chi connectivity index (χ3v) is 6.97. The molecule has 2 fully saturated rings. The number of benzene rings is 1. The first-order chi connectivity index (χ1) is 11.6. The fourth-order valence-electron chi connectivity index (χ4n) is 3.31. The van der Waals surface area contributed by atoms with Crippen molar-refractivity contribution in [1.82, 2.24) is 5.32 Å². The van der Waals surface area contributed by atoms with E-state index in [2.05, 4.69) is 10.6 Å². The lowest BCUT2D eigenvalue weighted by Gasteiger charge is -2.13. The van der Waals surface area contributed by atoms with Crippen LogP contribution in [-0.2, 0) is 14.6 Å². The summed E-state index contributed by atoms with van der Waals surface area (Å²) in [5, 5.41) is 5.22. The Bertz CT molecular complexity index is 660. The molecule has 1 aliphatic heterocycles. The van der Waals surface area contributed by atoms with Crippen molar-refractivity contribution in [1.29, 1.82) is 0 Å². The second-order valence-electron chi connectivity index (χ2n) is 6.45. The summed E-state index contributed by atoms with van der Waals surface area (Å²) >= 11 is 0. The van der Waals surface area contributed by atoms with E-state index in [1.165, 1.54) is 0 Å². The SMILES string of the molecule is O=C(NCC1CCCO1)Nc1ccc(S(=O)(=O)C2CCCC2)cc1. The summed E-state index contributed by atoms with van der Waals surface area (Å²) in [5.74, 6) is 0. The lowest BCUT2D eigenvalue weighted by Crippen LogP contribution is -2.35. The van der Waals surface area contributed by atoms with Crippen LogP contribution < -0.4 is 10.6 Å². The first-order valence-electron chi connectivity index (χ1n) is 8.56. The van der Waals surface area contributed by atoms with Crippen molar-refractivity contribution in [3.05, 3.63) is 24.3 Å². The molecule has 3 rings (SSSR count). The first kappa shape index (κ1) is 17.2.